The molecule has 0 aliphatic carbocycles. The maximum absolute atomic E-state index is 12.8. The summed E-state index contributed by atoms with van der Waals surface area (Å²) in [6, 6.07) is 0.621. The summed E-state index contributed by atoms with van der Waals surface area (Å²) in [7, 11) is 0. The first kappa shape index (κ1) is 13.4. The van der Waals surface area contributed by atoms with Gasteiger partial charge in [0.25, 0.3) is 0 Å². The first-order valence-corrected chi connectivity index (χ1v) is 4.45. The van der Waals surface area contributed by atoms with Crippen molar-refractivity contribution in [3.8, 4) is 0 Å². The summed E-state index contributed by atoms with van der Waals surface area (Å²) in [6.07, 6.45) is 1.39. The van der Waals surface area contributed by atoms with E-state index in [1.165, 1.54) is 6.42 Å². The maximum Gasteiger partial charge on any atom is 0.114 e. The van der Waals surface area contributed by atoms with Crippen LogP contribution in [0.3, 0.4) is 0 Å². The second-order valence-corrected chi connectivity index (χ2v) is 3.53. The zero-order chi connectivity index (χ0) is 7.68. The third-order valence-electron chi connectivity index (χ3n) is 2.71. The Bertz CT molecular complexity index is 142. The molecule has 2 saturated heterocycles. The van der Waals surface area contributed by atoms with Crippen LogP contribution in [0.4, 0.5) is 4.39 Å². The third-order valence-corrected chi connectivity index (χ3v) is 2.71. The quantitative estimate of drug-likeness (QED) is 0.730. The number of rotatable bonds is 1. The summed E-state index contributed by atoms with van der Waals surface area (Å²) >= 11 is 0. The van der Waals surface area contributed by atoms with Crippen LogP contribution >= 0.6 is 24.8 Å². The van der Waals surface area contributed by atoms with Gasteiger partial charge in [-0.2, -0.15) is 0 Å². The van der Waals surface area contributed by atoms with Gasteiger partial charge in [-0.1, -0.05) is 0 Å². The lowest BCUT2D eigenvalue weighted by atomic mass is 10.2. The zero-order valence-corrected chi connectivity index (χ0v) is 9.17. The monoisotopic (exact) mass is 230 g/mol. The molecule has 5 heteroatoms. The smallest absolute Gasteiger partial charge is 0.114 e. The van der Waals surface area contributed by atoms with Gasteiger partial charge in [-0.25, -0.2) is 4.39 Å². The van der Waals surface area contributed by atoms with Crippen LogP contribution in [-0.2, 0) is 0 Å². The Kier molecular flexibility index (Phi) is 6.21. The Morgan fingerprint density at radius 2 is 2.00 bits per heavy atom. The van der Waals surface area contributed by atoms with Crippen molar-refractivity contribution in [2.45, 2.75) is 25.1 Å². The number of hydrogen-bond acceptors (Lipinski definition) is 2. The molecule has 0 bridgehead atoms. The van der Waals surface area contributed by atoms with Gasteiger partial charge in [-0.05, 0) is 19.4 Å². The molecule has 1 unspecified atom stereocenters. The van der Waals surface area contributed by atoms with Gasteiger partial charge in [-0.3, -0.25) is 4.90 Å². The van der Waals surface area contributed by atoms with Crippen molar-refractivity contribution in [3.63, 3.8) is 0 Å². The molecule has 0 aromatic carbocycles. The lowest BCUT2D eigenvalue weighted by molar-refractivity contribution is 0.233. The van der Waals surface area contributed by atoms with E-state index >= 15 is 0 Å². The summed E-state index contributed by atoms with van der Waals surface area (Å²) < 4.78 is 12.8. The Morgan fingerprint density at radius 1 is 1.23 bits per heavy atom. The topological polar surface area (TPSA) is 15.3 Å². The van der Waals surface area contributed by atoms with Crippen LogP contribution in [0.5, 0.6) is 0 Å². The molecule has 0 amide bonds. The van der Waals surface area contributed by atoms with E-state index in [0.29, 0.717) is 12.6 Å². The molecule has 2 rings (SSSR count). The molecular weight excluding hydrogens is 214 g/mol. The molecule has 2 fully saturated rings. The minimum Gasteiger partial charge on any atom is -0.315 e. The highest BCUT2D eigenvalue weighted by molar-refractivity contribution is 5.85. The van der Waals surface area contributed by atoms with Gasteiger partial charge in [0.15, 0.2) is 0 Å². The molecule has 13 heavy (non-hydrogen) atoms. The van der Waals surface area contributed by atoms with Crippen LogP contribution < -0.4 is 5.32 Å². The molecule has 0 aromatic rings. The SMILES string of the molecule is Cl.Cl.F[C@@H]1CCN(C2CCNC2)C1. The summed E-state index contributed by atoms with van der Waals surface area (Å²) in [4.78, 5) is 2.28. The maximum atomic E-state index is 12.8. The Morgan fingerprint density at radius 3 is 2.46 bits per heavy atom. The van der Waals surface area contributed by atoms with Gasteiger partial charge >= 0.3 is 0 Å². The Balaban J connectivity index is 0.000000720. The number of nitrogens with zero attached hydrogens (tertiary/aromatic N) is 1. The van der Waals surface area contributed by atoms with Crippen molar-refractivity contribution >= 4 is 24.8 Å². The molecule has 2 heterocycles. The van der Waals surface area contributed by atoms with Crippen LogP contribution in [0.15, 0.2) is 0 Å². The second kappa shape index (κ2) is 6.02. The molecule has 1 N–H and O–H groups in total. The van der Waals surface area contributed by atoms with E-state index in [2.05, 4.69) is 10.2 Å². The molecule has 2 aliphatic rings. The van der Waals surface area contributed by atoms with Crippen molar-refractivity contribution in [3.05, 3.63) is 0 Å². The highest BCUT2D eigenvalue weighted by atomic mass is 35.5. The van der Waals surface area contributed by atoms with Crippen LogP contribution in [0.1, 0.15) is 12.8 Å². The molecule has 80 valence electrons. The molecule has 0 spiro atoms. The Labute approximate surface area is 91.1 Å². The fourth-order valence-corrected chi connectivity index (χ4v) is 2.03. The zero-order valence-electron chi connectivity index (χ0n) is 7.54. The average Bonchev–Trinajstić information content (AvgIpc) is 2.55. The Hall–Kier alpha value is 0.430. The number of nitrogens with one attached hydrogen (secondary N) is 1. The second-order valence-electron chi connectivity index (χ2n) is 3.53. The summed E-state index contributed by atoms with van der Waals surface area (Å²) in [5.74, 6) is 0. The van der Waals surface area contributed by atoms with Crippen LogP contribution in [0.2, 0.25) is 0 Å². The van der Waals surface area contributed by atoms with E-state index in [0.717, 1.165) is 26.1 Å². The standard InChI is InChI=1S/C8H15FN2.2ClH/c9-7-2-4-11(6-7)8-1-3-10-5-8;;/h7-8,10H,1-6H2;2*1H/t7-,8?;;/m1../s1. The minimum absolute atomic E-state index is 0. The highest BCUT2D eigenvalue weighted by Gasteiger charge is 2.29. The number of likely N-dealkylation sites (tertiary alicyclic amines) is 1. The van der Waals surface area contributed by atoms with Gasteiger partial charge < -0.3 is 5.32 Å². The third kappa shape index (κ3) is 3.24. The van der Waals surface area contributed by atoms with Crippen LogP contribution in [0, 0.1) is 0 Å². The summed E-state index contributed by atoms with van der Waals surface area (Å²) in [5.41, 5.74) is 0. The molecule has 2 aliphatic heterocycles. The van der Waals surface area contributed by atoms with E-state index in [-0.39, 0.29) is 24.8 Å². The molecule has 2 atom stereocenters. The fourth-order valence-electron chi connectivity index (χ4n) is 2.03. The molecular formula is C8H17Cl2FN2. The normalized spacial score (nSPS) is 33.9. The van der Waals surface area contributed by atoms with E-state index < -0.39 is 6.17 Å². The van der Waals surface area contributed by atoms with Crippen molar-refractivity contribution in [2.75, 3.05) is 26.2 Å². The molecule has 0 radical (unpaired) electrons. The van der Waals surface area contributed by atoms with Crippen molar-refractivity contribution < 1.29 is 4.39 Å². The predicted octanol–water partition coefficient (Wildman–Crippen LogP) is 1.24. The van der Waals surface area contributed by atoms with E-state index in [1.54, 1.807) is 0 Å². The largest absolute Gasteiger partial charge is 0.315 e. The first-order valence-electron chi connectivity index (χ1n) is 4.45. The van der Waals surface area contributed by atoms with Crippen molar-refractivity contribution in [1.29, 1.82) is 0 Å². The van der Waals surface area contributed by atoms with Gasteiger partial charge in [0.2, 0.25) is 0 Å². The molecule has 2 nitrogen and oxygen atoms in total. The van der Waals surface area contributed by atoms with Crippen LogP contribution in [-0.4, -0.2) is 43.3 Å². The first-order chi connectivity index (χ1) is 5.36. The van der Waals surface area contributed by atoms with E-state index in [4.69, 9.17) is 0 Å². The van der Waals surface area contributed by atoms with E-state index in [1.807, 2.05) is 0 Å². The van der Waals surface area contributed by atoms with Crippen molar-refractivity contribution in [1.82, 2.24) is 10.2 Å². The number of alkyl halides is 1. The van der Waals surface area contributed by atoms with Crippen LogP contribution in [0.25, 0.3) is 0 Å². The number of halogens is 3. The van der Waals surface area contributed by atoms with Crippen molar-refractivity contribution in [2.24, 2.45) is 0 Å². The molecule has 0 saturated carbocycles. The minimum atomic E-state index is -0.560. The summed E-state index contributed by atoms with van der Waals surface area (Å²) in [6.45, 7) is 3.81. The van der Waals surface area contributed by atoms with Gasteiger partial charge in [0.05, 0.1) is 0 Å². The lowest BCUT2D eigenvalue weighted by Gasteiger charge is -2.21. The average molecular weight is 231 g/mol. The predicted molar refractivity (Wildman–Crippen MR) is 56.9 cm³/mol. The highest BCUT2D eigenvalue weighted by Crippen LogP contribution is 2.18. The lowest BCUT2D eigenvalue weighted by Crippen LogP contribution is -2.35. The van der Waals surface area contributed by atoms with Gasteiger partial charge in [-0.15, -0.1) is 24.8 Å². The van der Waals surface area contributed by atoms with E-state index in [9.17, 15) is 4.39 Å². The number of hydrogen-bond donors (Lipinski definition) is 1. The van der Waals surface area contributed by atoms with Gasteiger partial charge in [0, 0.05) is 25.7 Å². The molecule has 0 aromatic heterocycles. The summed E-state index contributed by atoms with van der Waals surface area (Å²) in [5, 5.41) is 3.30. The van der Waals surface area contributed by atoms with Gasteiger partial charge in [0.1, 0.15) is 6.17 Å². The fraction of sp³-hybridized carbons (Fsp3) is 1.00.